The fourth-order valence-electron chi connectivity index (χ4n) is 5.19. The molecular formula is C26H38N2O4. The zero-order valence-corrected chi connectivity index (χ0v) is 19.2. The summed E-state index contributed by atoms with van der Waals surface area (Å²) in [6, 6.07) is 10.5. The number of unbranched alkanes of at least 4 members (excludes halogenated alkanes) is 1. The van der Waals surface area contributed by atoms with Gasteiger partial charge in [0, 0.05) is 45.8 Å². The minimum Gasteiger partial charge on any atom is -0.459 e. The van der Waals surface area contributed by atoms with E-state index in [2.05, 4.69) is 35.2 Å². The van der Waals surface area contributed by atoms with Crippen molar-refractivity contribution in [2.24, 2.45) is 11.8 Å². The highest BCUT2D eigenvalue weighted by Crippen LogP contribution is 2.38. The molecule has 1 N–H and O–H groups in total. The van der Waals surface area contributed by atoms with E-state index in [0.29, 0.717) is 24.2 Å². The number of allylic oxidation sites excluding steroid dienone is 1. The highest BCUT2D eigenvalue weighted by molar-refractivity contribution is 5.91. The SMILES string of the molecule is O=C(C1=C[C@H](C2CCCC2)C[C@H](OCCCCO)O1)N1CCN(Cc2ccccc2)CC1. The Morgan fingerprint density at radius 1 is 1.06 bits per heavy atom. The van der Waals surface area contributed by atoms with E-state index in [4.69, 9.17) is 14.6 Å². The number of carbonyl (C=O) groups excluding carboxylic acids is 1. The van der Waals surface area contributed by atoms with Crippen molar-refractivity contribution in [3.05, 3.63) is 47.7 Å². The molecule has 6 nitrogen and oxygen atoms in total. The standard InChI is InChI=1S/C26H38N2O4/c29-16-6-7-17-31-25-19-23(22-10-4-5-11-22)18-24(32-25)26(30)28-14-12-27(13-15-28)20-21-8-2-1-3-9-21/h1-3,8-9,18,22-23,25,29H,4-7,10-17,19-20H2/t23-,25+/m0/s1. The third kappa shape index (κ3) is 6.33. The summed E-state index contributed by atoms with van der Waals surface area (Å²) in [5.74, 6) is 1.48. The van der Waals surface area contributed by atoms with Crippen LogP contribution in [0.1, 0.15) is 50.5 Å². The number of amides is 1. The molecule has 2 heterocycles. The van der Waals surface area contributed by atoms with Gasteiger partial charge in [0.2, 0.25) is 6.29 Å². The molecule has 2 aliphatic heterocycles. The van der Waals surface area contributed by atoms with Crippen molar-refractivity contribution in [2.75, 3.05) is 39.4 Å². The summed E-state index contributed by atoms with van der Waals surface area (Å²) in [7, 11) is 0. The number of carbonyl (C=O) groups is 1. The fraction of sp³-hybridized carbons (Fsp3) is 0.654. The lowest BCUT2D eigenvalue weighted by Crippen LogP contribution is -2.49. The van der Waals surface area contributed by atoms with Crippen LogP contribution in [0, 0.1) is 11.8 Å². The number of nitrogens with zero attached hydrogens (tertiary/aromatic N) is 2. The van der Waals surface area contributed by atoms with Gasteiger partial charge in [0.05, 0.1) is 6.61 Å². The van der Waals surface area contributed by atoms with Crippen LogP contribution in [0.25, 0.3) is 0 Å². The van der Waals surface area contributed by atoms with Crippen LogP contribution in [0.15, 0.2) is 42.2 Å². The first kappa shape index (κ1) is 23.3. The van der Waals surface area contributed by atoms with Gasteiger partial charge in [0.25, 0.3) is 5.91 Å². The molecule has 6 heteroatoms. The van der Waals surface area contributed by atoms with E-state index < -0.39 is 0 Å². The summed E-state index contributed by atoms with van der Waals surface area (Å²) < 4.78 is 12.0. The third-order valence-electron chi connectivity index (χ3n) is 7.07. The average Bonchev–Trinajstić information content (AvgIpc) is 3.38. The Balaban J connectivity index is 1.34. The average molecular weight is 443 g/mol. The fourth-order valence-corrected chi connectivity index (χ4v) is 5.19. The summed E-state index contributed by atoms with van der Waals surface area (Å²) in [4.78, 5) is 17.7. The first-order valence-electron chi connectivity index (χ1n) is 12.4. The van der Waals surface area contributed by atoms with Crippen LogP contribution in [0.2, 0.25) is 0 Å². The highest BCUT2D eigenvalue weighted by atomic mass is 16.7. The summed E-state index contributed by atoms with van der Waals surface area (Å²) in [5, 5.41) is 9.00. The molecule has 0 radical (unpaired) electrons. The monoisotopic (exact) mass is 442 g/mol. The summed E-state index contributed by atoms with van der Waals surface area (Å²) >= 11 is 0. The van der Waals surface area contributed by atoms with E-state index in [9.17, 15) is 4.79 Å². The zero-order valence-electron chi connectivity index (χ0n) is 19.2. The van der Waals surface area contributed by atoms with Crippen molar-refractivity contribution in [2.45, 2.75) is 57.8 Å². The lowest BCUT2D eigenvalue weighted by molar-refractivity contribution is -0.157. The molecule has 4 rings (SSSR count). The second-order valence-electron chi connectivity index (χ2n) is 9.38. The number of ether oxygens (including phenoxy) is 2. The molecular weight excluding hydrogens is 404 g/mol. The first-order valence-corrected chi connectivity index (χ1v) is 12.4. The molecule has 1 saturated heterocycles. The number of hydrogen-bond donors (Lipinski definition) is 1. The molecule has 1 aliphatic carbocycles. The zero-order chi connectivity index (χ0) is 22.2. The third-order valence-corrected chi connectivity index (χ3v) is 7.07. The van der Waals surface area contributed by atoms with Crippen molar-refractivity contribution in [3.63, 3.8) is 0 Å². The van der Waals surface area contributed by atoms with E-state index in [1.807, 2.05) is 11.0 Å². The molecule has 3 aliphatic rings. The molecule has 1 amide bonds. The van der Waals surface area contributed by atoms with Gasteiger partial charge in [-0.05, 0) is 49.2 Å². The molecule has 2 fully saturated rings. The van der Waals surface area contributed by atoms with Crippen LogP contribution >= 0.6 is 0 Å². The van der Waals surface area contributed by atoms with Crippen molar-refractivity contribution >= 4 is 5.91 Å². The number of benzene rings is 1. The van der Waals surface area contributed by atoms with Gasteiger partial charge in [-0.15, -0.1) is 0 Å². The van der Waals surface area contributed by atoms with Crippen LogP contribution in [0.5, 0.6) is 0 Å². The molecule has 1 aromatic carbocycles. The molecule has 0 aromatic heterocycles. The number of hydrogen-bond acceptors (Lipinski definition) is 5. The largest absolute Gasteiger partial charge is 0.459 e. The van der Waals surface area contributed by atoms with E-state index in [1.54, 1.807) is 0 Å². The van der Waals surface area contributed by atoms with Crippen LogP contribution in [0.4, 0.5) is 0 Å². The first-order chi connectivity index (χ1) is 15.7. The van der Waals surface area contributed by atoms with Gasteiger partial charge in [0.15, 0.2) is 5.76 Å². The van der Waals surface area contributed by atoms with Gasteiger partial charge >= 0.3 is 0 Å². The van der Waals surface area contributed by atoms with Crippen molar-refractivity contribution in [1.29, 1.82) is 0 Å². The van der Waals surface area contributed by atoms with Gasteiger partial charge < -0.3 is 19.5 Å². The molecule has 2 atom stereocenters. The maximum atomic E-state index is 13.3. The second kappa shape index (κ2) is 11.8. The Morgan fingerprint density at radius 3 is 2.53 bits per heavy atom. The van der Waals surface area contributed by atoms with Gasteiger partial charge in [0.1, 0.15) is 0 Å². The Kier molecular flexibility index (Phi) is 8.60. The Hall–Kier alpha value is -1.89. The van der Waals surface area contributed by atoms with Crippen LogP contribution < -0.4 is 0 Å². The van der Waals surface area contributed by atoms with E-state index in [0.717, 1.165) is 52.0 Å². The molecule has 176 valence electrons. The predicted octanol–water partition coefficient (Wildman–Crippen LogP) is 3.56. The van der Waals surface area contributed by atoms with Gasteiger partial charge in [-0.1, -0.05) is 43.2 Å². The smallest absolute Gasteiger partial charge is 0.288 e. The Labute approximate surface area is 192 Å². The van der Waals surface area contributed by atoms with Crippen molar-refractivity contribution < 1.29 is 19.4 Å². The van der Waals surface area contributed by atoms with Gasteiger partial charge in [-0.3, -0.25) is 9.69 Å². The molecule has 0 unspecified atom stereocenters. The van der Waals surface area contributed by atoms with Crippen molar-refractivity contribution in [1.82, 2.24) is 9.80 Å². The van der Waals surface area contributed by atoms with E-state index in [-0.39, 0.29) is 18.8 Å². The quantitative estimate of drug-likeness (QED) is 0.593. The van der Waals surface area contributed by atoms with E-state index in [1.165, 1.54) is 31.2 Å². The van der Waals surface area contributed by atoms with Crippen LogP contribution in [0.3, 0.4) is 0 Å². The summed E-state index contributed by atoms with van der Waals surface area (Å²) in [6.45, 7) is 4.87. The molecule has 0 spiro atoms. The van der Waals surface area contributed by atoms with E-state index >= 15 is 0 Å². The van der Waals surface area contributed by atoms with Gasteiger partial charge in [-0.2, -0.15) is 0 Å². The number of aliphatic hydroxyl groups is 1. The maximum absolute atomic E-state index is 13.3. The van der Waals surface area contributed by atoms with Gasteiger partial charge in [-0.25, -0.2) is 0 Å². The molecule has 1 saturated carbocycles. The number of piperazine rings is 1. The highest BCUT2D eigenvalue weighted by Gasteiger charge is 2.35. The minimum absolute atomic E-state index is 0.0102. The van der Waals surface area contributed by atoms with Crippen LogP contribution in [-0.4, -0.2) is 66.5 Å². The normalized spacial score (nSPS) is 24.9. The Bertz CT molecular complexity index is 739. The summed E-state index contributed by atoms with van der Waals surface area (Å²) in [5.41, 5.74) is 1.31. The molecule has 0 bridgehead atoms. The predicted molar refractivity (Wildman–Crippen MR) is 124 cm³/mol. The lowest BCUT2D eigenvalue weighted by atomic mass is 9.86. The number of rotatable bonds is 9. The number of aliphatic hydroxyl groups excluding tert-OH is 1. The second-order valence-corrected chi connectivity index (χ2v) is 9.38. The maximum Gasteiger partial charge on any atom is 0.288 e. The summed E-state index contributed by atoms with van der Waals surface area (Å²) in [6.07, 6.45) is 9.13. The minimum atomic E-state index is -0.359. The molecule has 32 heavy (non-hydrogen) atoms. The molecule has 1 aromatic rings. The lowest BCUT2D eigenvalue weighted by Gasteiger charge is -2.37. The Morgan fingerprint density at radius 2 is 1.81 bits per heavy atom. The van der Waals surface area contributed by atoms with Crippen LogP contribution in [-0.2, 0) is 20.8 Å². The topological polar surface area (TPSA) is 62.2 Å². The van der Waals surface area contributed by atoms with Crippen molar-refractivity contribution in [3.8, 4) is 0 Å².